The van der Waals surface area contributed by atoms with Gasteiger partial charge in [0.25, 0.3) is 5.56 Å². The second-order valence-electron chi connectivity index (χ2n) is 8.04. The summed E-state index contributed by atoms with van der Waals surface area (Å²) >= 11 is 0. The van der Waals surface area contributed by atoms with Gasteiger partial charge in [-0.05, 0) is 44.2 Å². The smallest absolute Gasteiger partial charge is 0.261 e. The molecule has 9 heteroatoms. The van der Waals surface area contributed by atoms with Gasteiger partial charge in [0.05, 0.1) is 21.8 Å². The van der Waals surface area contributed by atoms with Crippen molar-refractivity contribution in [1.82, 2.24) is 18.8 Å². The molecule has 2 heterocycles. The number of piperazine rings is 1. The third kappa shape index (κ3) is 3.96. The van der Waals surface area contributed by atoms with E-state index in [1.165, 1.54) is 4.31 Å². The van der Waals surface area contributed by atoms with Crippen molar-refractivity contribution in [3.05, 3.63) is 64.2 Å². The summed E-state index contributed by atoms with van der Waals surface area (Å²) in [5.41, 5.74) is 7.84. The quantitative estimate of drug-likeness (QED) is 0.621. The SMILES string of the molecule is Cc1ccc(S(=O)(=O)N2CCN(C(C)c3nc4ccc(N)cc4c(=O)n3C)CC2)cc1. The Labute approximate surface area is 182 Å². The van der Waals surface area contributed by atoms with Crippen LogP contribution in [0.2, 0.25) is 0 Å². The number of fused-ring (bicyclic) bond motifs is 1. The van der Waals surface area contributed by atoms with Crippen LogP contribution >= 0.6 is 0 Å². The van der Waals surface area contributed by atoms with Gasteiger partial charge in [0.2, 0.25) is 10.0 Å². The highest BCUT2D eigenvalue weighted by molar-refractivity contribution is 7.89. The number of rotatable bonds is 4. The molecule has 3 aromatic rings. The van der Waals surface area contributed by atoms with E-state index in [9.17, 15) is 13.2 Å². The lowest BCUT2D eigenvalue weighted by Gasteiger charge is -2.37. The van der Waals surface area contributed by atoms with E-state index < -0.39 is 10.0 Å². The summed E-state index contributed by atoms with van der Waals surface area (Å²) in [4.78, 5) is 20.0. The molecule has 1 aromatic heterocycles. The molecule has 1 atom stereocenters. The number of nitrogens with two attached hydrogens (primary N) is 1. The molecule has 4 rings (SSSR count). The number of aryl methyl sites for hydroxylation is 1. The van der Waals surface area contributed by atoms with Gasteiger partial charge in [0.1, 0.15) is 5.82 Å². The molecule has 1 unspecified atom stereocenters. The molecule has 1 aliphatic heterocycles. The van der Waals surface area contributed by atoms with Crippen LogP contribution in [-0.4, -0.2) is 53.4 Å². The molecule has 8 nitrogen and oxygen atoms in total. The molecule has 0 bridgehead atoms. The lowest BCUT2D eigenvalue weighted by atomic mass is 10.2. The van der Waals surface area contributed by atoms with Gasteiger partial charge in [-0.3, -0.25) is 14.3 Å². The normalized spacial score (nSPS) is 17.1. The van der Waals surface area contributed by atoms with Crippen LogP contribution in [0.15, 0.2) is 52.2 Å². The number of benzene rings is 2. The van der Waals surface area contributed by atoms with Crippen molar-refractivity contribution in [3.63, 3.8) is 0 Å². The predicted molar refractivity (Wildman–Crippen MR) is 121 cm³/mol. The molecule has 0 aliphatic carbocycles. The Balaban J connectivity index is 1.54. The number of anilines is 1. The van der Waals surface area contributed by atoms with Crippen LogP contribution in [0.25, 0.3) is 10.9 Å². The van der Waals surface area contributed by atoms with E-state index in [1.54, 1.807) is 41.9 Å². The molecular formula is C22H27N5O3S. The van der Waals surface area contributed by atoms with Gasteiger partial charge >= 0.3 is 0 Å². The summed E-state index contributed by atoms with van der Waals surface area (Å²) in [6.07, 6.45) is 0. The molecule has 31 heavy (non-hydrogen) atoms. The average Bonchev–Trinajstić information content (AvgIpc) is 2.76. The molecular weight excluding hydrogens is 414 g/mol. The van der Waals surface area contributed by atoms with Crippen molar-refractivity contribution >= 4 is 26.6 Å². The van der Waals surface area contributed by atoms with E-state index in [2.05, 4.69) is 4.90 Å². The number of nitrogens with zero attached hydrogens (tertiary/aromatic N) is 4. The molecule has 0 spiro atoms. The highest BCUT2D eigenvalue weighted by atomic mass is 32.2. The molecule has 0 radical (unpaired) electrons. The largest absolute Gasteiger partial charge is 0.399 e. The monoisotopic (exact) mass is 441 g/mol. The fourth-order valence-corrected chi connectivity index (χ4v) is 5.46. The van der Waals surface area contributed by atoms with Gasteiger partial charge in [-0.2, -0.15) is 4.31 Å². The van der Waals surface area contributed by atoms with Gasteiger partial charge < -0.3 is 5.73 Å². The first-order valence-corrected chi connectivity index (χ1v) is 11.7. The molecule has 2 N–H and O–H groups in total. The van der Waals surface area contributed by atoms with Crippen LogP contribution < -0.4 is 11.3 Å². The van der Waals surface area contributed by atoms with Crippen LogP contribution in [0.3, 0.4) is 0 Å². The average molecular weight is 442 g/mol. The minimum Gasteiger partial charge on any atom is -0.399 e. The highest BCUT2D eigenvalue weighted by Gasteiger charge is 2.31. The van der Waals surface area contributed by atoms with Crippen LogP contribution in [0.5, 0.6) is 0 Å². The van der Waals surface area contributed by atoms with Gasteiger partial charge in [-0.1, -0.05) is 17.7 Å². The van der Waals surface area contributed by atoms with Crippen LogP contribution in [-0.2, 0) is 17.1 Å². The Morgan fingerprint density at radius 2 is 1.68 bits per heavy atom. The first kappa shape index (κ1) is 21.5. The number of hydrogen-bond donors (Lipinski definition) is 1. The van der Waals surface area contributed by atoms with Crippen molar-refractivity contribution in [1.29, 1.82) is 0 Å². The van der Waals surface area contributed by atoms with Crippen molar-refractivity contribution in [2.45, 2.75) is 24.8 Å². The summed E-state index contributed by atoms with van der Waals surface area (Å²) in [5.74, 6) is 0.650. The number of aromatic nitrogens is 2. The first-order chi connectivity index (χ1) is 14.7. The summed E-state index contributed by atoms with van der Waals surface area (Å²) in [6, 6.07) is 11.9. The molecule has 2 aromatic carbocycles. The van der Waals surface area contributed by atoms with E-state index in [-0.39, 0.29) is 11.6 Å². The maximum Gasteiger partial charge on any atom is 0.261 e. The highest BCUT2D eigenvalue weighted by Crippen LogP contribution is 2.24. The maximum absolute atomic E-state index is 13.0. The van der Waals surface area contributed by atoms with Gasteiger partial charge in [0.15, 0.2) is 0 Å². The number of sulfonamides is 1. The zero-order valence-corrected chi connectivity index (χ0v) is 18.8. The predicted octanol–water partition coefficient (Wildman–Crippen LogP) is 1.89. The standard InChI is InChI=1S/C22H27N5O3S/c1-15-4-7-18(8-5-15)31(29,30)27-12-10-26(11-13-27)16(2)21-24-20-9-6-17(23)14-19(20)22(28)25(21)3/h4-9,14,16H,10-13,23H2,1-3H3. The second kappa shape index (κ2) is 8.07. The Hall–Kier alpha value is -2.75. The minimum absolute atomic E-state index is 0.135. The minimum atomic E-state index is -3.52. The third-order valence-electron chi connectivity index (χ3n) is 5.99. The van der Waals surface area contributed by atoms with Crippen molar-refractivity contribution in [2.75, 3.05) is 31.9 Å². The van der Waals surface area contributed by atoms with E-state index >= 15 is 0 Å². The second-order valence-corrected chi connectivity index (χ2v) is 9.98. The van der Waals surface area contributed by atoms with Gasteiger partial charge in [-0.25, -0.2) is 13.4 Å². The zero-order chi connectivity index (χ0) is 22.3. The Bertz CT molecular complexity index is 1280. The summed E-state index contributed by atoms with van der Waals surface area (Å²) < 4.78 is 29.0. The fraction of sp³-hybridized carbons (Fsp3) is 0.364. The fourth-order valence-electron chi connectivity index (χ4n) is 4.03. The Morgan fingerprint density at radius 1 is 1.03 bits per heavy atom. The van der Waals surface area contributed by atoms with Crippen molar-refractivity contribution in [2.24, 2.45) is 7.05 Å². The van der Waals surface area contributed by atoms with E-state index in [4.69, 9.17) is 10.7 Å². The molecule has 0 amide bonds. The number of hydrogen-bond acceptors (Lipinski definition) is 6. The summed E-state index contributed by atoms with van der Waals surface area (Å²) in [6.45, 7) is 5.82. The zero-order valence-electron chi connectivity index (χ0n) is 17.9. The first-order valence-electron chi connectivity index (χ1n) is 10.3. The third-order valence-corrected chi connectivity index (χ3v) is 7.90. The molecule has 1 saturated heterocycles. The van der Waals surface area contributed by atoms with Gasteiger partial charge in [0, 0.05) is 38.9 Å². The van der Waals surface area contributed by atoms with Crippen LogP contribution in [0.1, 0.15) is 24.4 Å². The Morgan fingerprint density at radius 3 is 2.32 bits per heavy atom. The van der Waals surface area contributed by atoms with Crippen LogP contribution in [0.4, 0.5) is 5.69 Å². The molecule has 164 valence electrons. The van der Waals surface area contributed by atoms with Crippen molar-refractivity contribution in [3.8, 4) is 0 Å². The van der Waals surface area contributed by atoms with Crippen LogP contribution in [0, 0.1) is 6.92 Å². The van der Waals surface area contributed by atoms with E-state index in [0.717, 1.165) is 5.56 Å². The topological polar surface area (TPSA) is 102 Å². The lowest BCUT2D eigenvalue weighted by Crippen LogP contribution is -2.49. The van der Waals surface area contributed by atoms with E-state index in [1.807, 2.05) is 26.0 Å². The number of nitrogen functional groups attached to an aromatic ring is 1. The molecule has 1 fully saturated rings. The molecule has 1 aliphatic rings. The Kier molecular flexibility index (Phi) is 5.59. The van der Waals surface area contributed by atoms with E-state index in [0.29, 0.717) is 53.5 Å². The summed E-state index contributed by atoms with van der Waals surface area (Å²) in [5, 5.41) is 0.493. The maximum atomic E-state index is 13.0. The summed E-state index contributed by atoms with van der Waals surface area (Å²) in [7, 11) is -1.81. The van der Waals surface area contributed by atoms with Crippen molar-refractivity contribution < 1.29 is 8.42 Å². The van der Waals surface area contributed by atoms with Gasteiger partial charge in [-0.15, -0.1) is 0 Å². The lowest BCUT2D eigenvalue weighted by molar-refractivity contribution is 0.139. The molecule has 0 saturated carbocycles.